The molecule has 1 aromatic heterocycles. The van der Waals surface area contributed by atoms with Crippen LogP contribution in [0.2, 0.25) is 0 Å². The van der Waals surface area contributed by atoms with Crippen molar-refractivity contribution in [2.45, 2.75) is 44.6 Å². The van der Waals surface area contributed by atoms with Crippen molar-refractivity contribution in [2.75, 3.05) is 25.0 Å². The second-order valence-electron chi connectivity index (χ2n) is 8.13. The minimum Gasteiger partial charge on any atom is -0.354 e. The van der Waals surface area contributed by atoms with Gasteiger partial charge in [0.15, 0.2) is 6.29 Å². The Morgan fingerprint density at radius 3 is 2.89 bits per heavy atom. The minimum atomic E-state index is -0.208. The van der Waals surface area contributed by atoms with E-state index in [4.69, 9.17) is 4.98 Å². The number of halogens is 1. The highest BCUT2D eigenvalue weighted by Gasteiger charge is 2.41. The van der Waals surface area contributed by atoms with E-state index in [0.29, 0.717) is 23.6 Å². The highest BCUT2D eigenvalue weighted by molar-refractivity contribution is 5.77. The molecule has 2 aliphatic rings. The van der Waals surface area contributed by atoms with Crippen molar-refractivity contribution >= 4 is 12.2 Å². The maximum absolute atomic E-state index is 14.1. The van der Waals surface area contributed by atoms with E-state index in [1.54, 1.807) is 12.3 Å². The number of hydrogen-bond donors (Lipinski definition) is 1. The molecule has 1 aliphatic carbocycles. The first-order chi connectivity index (χ1) is 13.6. The van der Waals surface area contributed by atoms with E-state index < -0.39 is 0 Å². The summed E-state index contributed by atoms with van der Waals surface area (Å²) in [6, 6.07) is 6.93. The molecule has 1 aliphatic heterocycles. The van der Waals surface area contributed by atoms with Crippen LogP contribution in [0.3, 0.4) is 0 Å². The number of rotatable bonds is 8. The molecule has 1 unspecified atom stereocenters. The van der Waals surface area contributed by atoms with Gasteiger partial charge >= 0.3 is 0 Å². The summed E-state index contributed by atoms with van der Waals surface area (Å²) in [5, 5.41) is 3.32. The molecule has 0 bridgehead atoms. The molecule has 2 fully saturated rings. The molecule has 5 nitrogen and oxygen atoms in total. The Bertz CT molecular complexity index is 854. The fourth-order valence-corrected chi connectivity index (χ4v) is 4.16. The predicted molar refractivity (Wildman–Crippen MR) is 107 cm³/mol. The number of nitrogens with zero attached hydrogens (tertiary/aromatic N) is 3. The van der Waals surface area contributed by atoms with Crippen LogP contribution in [0.5, 0.6) is 0 Å². The number of hydrogen-bond acceptors (Lipinski definition) is 5. The topological polar surface area (TPSA) is 58.1 Å². The first-order valence-electron chi connectivity index (χ1n) is 10.2. The minimum absolute atomic E-state index is 0.168. The maximum Gasteiger partial charge on any atom is 0.222 e. The Labute approximate surface area is 165 Å². The molecule has 0 amide bonds. The SMILES string of the molecule is CCC1(c2nc(NCC3CC3)ncc2C=O)CCN(Cc2ccccc2F)C1. The number of anilines is 1. The Morgan fingerprint density at radius 1 is 1.36 bits per heavy atom. The second kappa shape index (κ2) is 7.95. The molecule has 1 aromatic carbocycles. The number of carbonyl (C=O) groups excluding carboxylic acids is 1. The number of aromatic nitrogens is 2. The van der Waals surface area contributed by atoms with Crippen molar-refractivity contribution in [1.82, 2.24) is 14.9 Å². The van der Waals surface area contributed by atoms with Gasteiger partial charge in [-0.1, -0.05) is 25.1 Å². The largest absolute Gasteiger partial charge is 0.354 e. The van der Waals surface area contributed by atoms with Crippen molar-refractivity contribution < 1.29 is 9.18 Å². The molecule has 1 saturated carbocycles. The summed E-state index contributed by atoms with van der Waals surface area (Å²) >= 11 is 0. The van der Waals surface area contributed by atoms with Crippen molar-refractivity contribution in [2.24, 2.45) is 5.92 Å². The van der Waals surface area contributed by atoms with Gasteiger partial charge in [0.05, 0.1) is 11.3 Å². The van der Waals surface area contributed by atoms with Crippen LogP contribution in [0.25, 0.3) is 0 Å². The number of carbonyl (C=O) groups is 1. The smallest absolute Gasteiger partial charge is 0.222 e. The fraction of sp³-hybridized carbons (Fsp3) is 0.500. The van der Waals surface area contributed by atoms with Crippen LogP contribution in [0.15, 0.2) is 30.5 Å². The Balaban J connectivity index is 1.56. The molecule has 2 aromatic rings. The normalized spacial score (nSPS) is 22.4. The summed E-state index contributed by atoms with van der Waals surface area (Å²) in [5.74, 6) is 1.16. The van der Waals surface area contributed by atoms with E-state index in [-0.39, 0.29) is 11.2 Å². The van der Waals surface area contributed by atoms with Crippen LogP contribution in [0.1, 0.15) is 54.2 Å². The lowest BCUT2D eigenvalue weighted by atomic mass is 9.79. The van der Waals surface area contributed by atoms with Crippen LogP contribution in [-0.4, -0.2) is 40.8 Å². The third-order valence-corrected chi connectivity index (χ3v) is 6.15. The van der Waals surface area contributed by atoms with E-state index in [2.05, 4.69) is 22.1 Å². The highest BCUT2D eigenvalue weighted by atomic mass is 19.1. The molecule has 1 atom stereocenters. The number of benzene rings is 1. The van der Waals surface area contributed by atoms with Gasteiger partial charge in [-0.3, -0.25) is 9.69 Å². The molecular formula is C22H27FN4O. The first kappa shape index (κ1) is 19.0. The van der Waals surface area contributed by atoms with Crippen molar-refractivity contribution in [1.29, 1.82) is 0 Å². The Hall–Kier alpha value is -2.34. The second-order valence-corrected chi connectivity index (χ2v) is 8.13. The molecule has 148 valence electrons. The zero-order chi connectivity index (χ0) is 19.6. The number of nitrogens with one attached hydrogen (secondary N) is 1. The summed E-state index contributed by atoms with van der Waals surface area (Å²) in [7, 11) is 0. The van der Waals surface area contributed by atoms with Gasteiger partial charge < -0.3 is 5.32 Å². The van der Waals surface area contributed by atoms with Gasteiger partial charge in [-0.25, -0.2) is 14.4 Å². The van der Waals surface area contributed by atoms with Gasteiger partial charge in [-0.05, 0) is 44.2 Å². The van der Waals surface area contributed by atoms with Gasteiger partial charge in [0.25, 0.3) is 0 Å². The quantitative estimate of drug-likeness (QED) is 0.704. The van der Waals surface area contributed by atoms with Crippen LogP contribution in [-0.2, 0) is 12.0 Å². The molecule has 0 spiro atoms. The van der Waals surface area contributed by atoms with E-state index in [9.17, 15) is 9.18 Å². The van der Waals surface area contributed by atoms with Gasteiger partial charge in [0, 0.05) is 36.8 Å². The summed E-state index contributed by atoms with van der Waals surface area (Å²) < 4.78 is 14.1. The zero-order valence-electron chi connectivity index (χ0n) is 16.3. The molecule has 6 heteroatoms. The van der Waals surface area contributed by atoms with Crippen LogP contribution >= 0.6 is 0 Å². The van der Waals surface area contributed by atoms with Gasteiger partial charge in [-0.2, -0.15) is 0 Å². The lowest BCUT2D eigenvalue weighted by Crippen LogP contribution is -2.33. The molecule has 2 heterocycles. The van der Waals surface area contributed by atoms with E-state index in [1.807, 2.05) is 12.1 Å². The van der Waals surface area contributed by atoms with E-state index >= 15 is 0 Å². The zero-order valence-corrected chi connectivity index (χ0v) is 16.3. The summed E-state index contributed by atoms with van der Waals surface area (Å²) in [6.45, 7) is 5.22. The van der Waals surface area contributed by atoms with E-state index in [0.717, 1.165) is 50.4 Å². The maximum atomic E-state index is 14.1. The van der Waals surface area contributed by atoms with Crippen molar-refractivity contribution in [3.05, 3.63) is 53.1 Å². The Kier molecular flexibility index (Phi) is 5.40. The summed E-state index contributed by atoms with van der Waals surface area (Å²) in [5.41, 5.74) is 1.89. The third kappa shape index (κ3) is 3.92. The van der Waals surface area contributed by atoms with Crippen LogP contribution < -0.4 is 5.32 Å². The molecule has 1 N–H and O–H groups in total. The van der Waals surface area contributed by atoms with Crippen LogP contribution in [0, 0.1) is 11.7 Å². The molecule has 28 heavy (non-hydrogen) atoms. The molecule has 0 radical (unpaired) electrons. The number of likely N-dealkylation sites (tertiary alicyclic amines) is 1. The molecule has 4 rings (SSSR count). The highest BCUT2D eigenvalue weighted by Crippen LogP contribution is 2.39. The third-order valence-electron chi connectivity index (χ3n) is 6.15. The first-order valence-corrected chi connectivity index (χ1v) is 10.2. The monoisotopic (exact) mass is 382 g/mol. The molecule has 1 saturated heterocycles. The molecular weight excluding hydrogens is 355 g/mol. The lowest BCUT2D eigenvalue weighted by Gasteiger charge is -2.29. The predicted octanol–water partition coefficient (Wildman–Crippen LogP) is 3.80. The average molecular weight is 382 g/mol. The van der Waals surface area contributed by atoms with E-state index in [1.165, 1.54) is 18.9 Å². The van der Waals surface area contributed by atoms with Gasteiger partial charge in [0.1, 0.15) is 5.82 Å². The lowest BCUT2D eigenvalue weighted by molar-refractivity contribution is 0.111. The summed E-state index contributed by atoms with van der Waals surface area (Å²) in [4.78, 5) is 23.0. The van der Waals surface area contributed by atoms with Crippen LogP contribution in [0.4, 0.5) is 10.3 Å². The van der Waals surface area contributed by atoms with Gasteiger partial charge in [0.2, 0.25) is 5.95 Å². The standard InChI is InChI=1S/C22H27FN4O/c1-2-22(9-10-27(15-22)13-17-5-3-4-6-19(17)23)20-18(14-28)12-25-21(26-20)24-11-16-7-8-16/h3-6,12,14,16H,2,7-11,13,15H2,1H3,(H,24,25,26). The van der Waals surface area contributed by atoms with Crippen molar-refractivity contribution in [3.63, 3.8) is 0 Å². The van der Waals surface area contributed by atoms with Gasteiger partial charge in [-0.15, -0.1) is 0 Å². The number of aldehydes is 1. The average Bonchev–Trinajstić information content (AvgIpc) is 3.46. The Morgan fingerprint density at radius 2 is 2.18 bits per heavy atom. The fourth-order valence-electron chi connectivity index (χ4n) is 4.16. The summed E-state index contributed by atoms with van der Waals surface area (Å²) in [6.07, 6.45) is 6.80. The van der Waals surface area contributed by atoms with Crippen molar-refractivity contribution in [3.8, 4) is 0 Å².